The molecule has 2 N–H and O–H groups in total. The van der Waals surface area contributed by atoms with Crippen LogP contribution in [0.2, 0.25) is 0 Å². The Morgan fingerprint density at radius 2 is 1.43 bits per heavy atom. The molecule has 0 aliphatic heterocycles. The molecule has 5 heteroatoms. The molecule has 4 nitrogen and oxygen atoms in total. The van der Waals surface area contributed by atoms with Crippen LogP contribution in [0.1, 0.15) is 0 Å². The van der Waals surface area contributed by atoms with E-state index in [-0.39, 0.29) is 0 Å². The normalized spacial score (nSPS) is 12.0. The first-order chi connectivity index (χ1) is 3.12. The van der Waals surface area contributed by atoms with E-state index in [9.17, 15) is 0 Å². The summed E-state index contributed by atoms with van der Waals surface area (Å²) in [6, 6.07) is 0. The number of hydrogen-bond acceptors (Lipinski definition) is 4. The Kier molecular flexibility index (Phi) is 2.98. The molecule has 0 aromatic rings. The van der Waals surface area contributed by atoms with Gasteiger partial charge in [0.25, 0.3) is 0 Å². The van der Waals surface area contributed by atoms with E-state index >= 15 is 0 Å². The topological polar surface area (TPSA) is 58.9 Å². The van der Waals surface area contributed by atoms with Crippen LogP contribution < -0.4 is 0 Å². The maximum atomic E-state index is 8.43. The van der Waals surface area contributed by atoms with Crippen molar-refractivity contribution in [1.82, 2.24) is 0 Å². The second kappa shape index (κ2) is 2.76. The number of rotatable bonds is 2. The Morgan fingerprint density at radius 1 is 1.14 bits per heavy atom. The van der Waals surface area contributed by atoms with Gasteiger partial charge in [0.1, 0.15) is 0 Å². The molecule has 0 radical (unpaired) electrons. The third kappa shape index (κ3) is 3.16. The maximum absolute atomic E-state index is 8.43. The van der Waals surface area contributed by atoms with Gasteiger partial charge in [-0.05, 0) is 0 Å². The molecule has 0 amide bonds. The van der Waals surface area contributed by atoms with Crippen LogP contribution in [0.25, 0.3) is 0 Å². The molecule has 0 aromatic carbocycles. The van der Waals surface area contributed by atoms with E-state index in [1.165, 1.54) is 14.2 Å². The van der Waals surface area contributed by atoms with Crippen molar-refractivity contribution < 1.29 is 32.2 Å². The van der Waals surface area contributed by atoms with E-state index in [0.29, 0.717) is 0 Å². The minimum atomic E-state index is -4.08. The predicted molar refractivity (Wildman–Crippen MR) is 18.5 cm³/mol. The summed E-state index contributed by atoms with van der Waals surface area (Å²) >= 11 is -4.08. The Balaban J connectivity index is 3.36. The van der Waals surface area contributed by atoms with Crippen LogP contribution in [0.15, 0.2) is 0 Å². The fraction of sp³-hybridized carbons (Fsp3) is 1.00. The van der Waals surface area contributed by atoms with Gasteiger partial charge in [0, 0.05) is 0 Å². The molecule has 0 fully saturated rings. The molecule has 0 aliphatic rings. The van der Waals surface area contributed by atoms with Gasteiger partial charge in [0.2, 0.25) is 0 Å². The van der Waals surface area contributed by atoms with Crippen molar-refractivity contribution in [3.05, 3.63) is 0 Å². The SMILES string of the molecule is C[O][Ti]([OH])([OH])[O]C. The Bertz CT molecular complexity index is 47.7. The second-order valence-electron chi connectivity index (χ2n) is 0.957. The van der Waals surface area contributed by atoms with Gasteiger partial charge in [-0.2, -0.15) is 0 Å². The van der Waals surface area contributed by atoms with E-state index in [4.69, 9.17) is 7.38 Å². The van der Waals surface area contributed by atoms with Crippen molar-refractivity contribution in [1.29, 1.82) is 0 Å². The van der Waals surface area contributed by atoms with E-state index in [1.54, 1.807) is 0 Å². The summed E-state index contributed by atoms with van der Waals surface area (Å²) in [4.78, 5) is 0. The molecule has 0 atom stereocenters. The first-order valence-corrected chi connectivity index (χ1v) is 4.34. The van der Waals surface area contributed by atoms with Gasteiger partial charge in [-0.3, -0.25) is 0 Å². The van der Waals surface area contributed by atoms with Crippen molar-refractivity contribution in [2.24, 2.45) is 0 Å². The summed E-state index contributed by atoms with van der Waals surface area (Å²) < 4.78 is 25.2. The number of hydrogen-bond donors (Lipinski definition) is 2. The Hall–Kier alpha value is 0.554. The second-order valence-corrected chi connectivity index (χ2v) is 3.94. The predicted octanol–water partition coefficient (Wildman–Crippen LogP) is -0.922. The van der Waals surface area contributed by atoms with Gasteiger partial charge in [-0.1, -0.05) is 0 Å². The molecule has 0 bridgehead atoms. The van der Waals surface area contributed by atoms with Gasteiger partial charge in [0.05, 0.1) is 0 Å². The summed E-state index contributed by atoms with van der Waals surface area (Å²) in [5.74, 6) is 0. The summed E-state index contributed by atoms with van der Waals surface area (Å²) in [5, 5.41) is 0. The van der Waals surface area contributed by atoms with Crippen LogP contribution in [-0.2, 0) is 24.8 Å². The first-order valence-electron chi connectivity index (χ1n) is 1.67. The molecule has 44 valence electrons. The van der Waals surface area contributed by atoms with Gasteiger partial charge in [-0.25, -0.2) is 0 Å². The molecule has 7 heavy (non-hydrogen) atoms. The summed E-state index contributed by atoms with van der Waals surface area (Å²) in [6.07, 6.45) is 0. The van der Waals surface area contributed by atoms with E-state index in [2.05, 4.69) is 6.64 Å². The zero-order valence-electron chi connectivity index (χ0n) is 4.21. The Morgan fingerprint density at radius 3 is 1.43 bits per heavy atom. The zero-order chi connectivity index (χ0) is 5.91. The van der Waals surface area contributed by atoms with Crippen molar-refractivity contribution in [2.75, 3.05) is 14.2 Å². The van der Waals surface area contributed by atoms with Crippen LogP contribution in [0.3, 0.4) is 0 Å². The van der Waals surface area contributed by atoms with Crippen molar-refractivity contribution in [3.63, 3.8) is 0 Å². The molecule has 0 spiro atoms. The van der Waals surface area contributed by atoms with Crippen LogP contribution in [0.4, 0.5) is 0 Å². The van der Waals surface area contributed by atoms with Gasteiger partial charge >= 0.3 is 46.4 Å². The standard InChI is InChI=1S/2CH3O.2H2O.Ti/c2*1-2;;;/h2*1H3;2*1H2;/q2*-1;;;+4/p-2. The monoisotopic (exact) mass is 144 g/mol. The quantitative estimate of drug-likeness (QED) is 0.492. The van der Waals surface area contributed by atoms with E-state index in [0.717, 1.165) is 0 Å². The molecule has 0 aliphatic carbocycles. The van der Waals surface area contributed by atoms with Crippen LogP contribution in [0.5, 0.6) is 0 Å². The average molecular weight is 144 g/mol. The molecule has 0 heterocycles. The summed E-state index contributed by atoms with van der Waals surface area (Å²) in [5.41, 5.74) is 0. The van der Waals surface area contributed by atoms with Crippen molar-refractivity contribution in [3.8, 4) is 0 Å². The third-order valence-electron chi connectivity index (χ3n) is 0.532. The zero-order valence-corrected chi connectivity index (χ0v) is 5.77. The van der Waals surface area contributed by atoms with Crippen LogP contribution in [-0.4, -0.2) is 21.6 Å². The molecule has 0 saturated carbocycles. The summed E-state index contributed by atoms with van der Waals surface area (Å²) in [6.45, 7) is 0. The van der Waals surface area contributed by atoms with Crippen molar-refractivity contribution in [2.45, 2.75) is 0 Å². The third-order valence-corrected chi connectivity index (χ3v) is 2.19. The van der Waals surface area contributed by atoms with Gasteiger partial charge in [-0.15, -0.1) is 0 Å². The van der Waals surface area contributed by atoms with Gasteiger partial charge < -0.3 is 0 Å². The van der Waals surface area contributed by atoms with E-state index < -0.39 is 18.1 Å². The van der Waals surface area contributed by atoms with Crippen molar-refractivity contribution >= 4 is 0 Å². The molecule has 0 aromatic heterocycles. The van der Waals surface area contributed by atoms with Gasteiger partial charge in [0.15, 0.2) is 0 Å². The fourth-order valence-electron chi connectivity index (χ4n) is 0.0833. The minimum absolute atomic E-state index is 1.20. The summed E-state index contributed by atoms with van der Waals surface area (Å²) in [7, 11) is 2.40. The molecule has 0 saturated heterocycles. The molecular weight excluding hydrogens is 136 g/mol. The first kappa shape index (κ1) is 7.55. The van der Waals surface area contributed by atoms with E-state index in [1.807, 2.05) is 0 Å². The molecule has 0 rings (SSSR count). The molecule has 0 unspecified atom stereocenters. The molecular formula is C2H8O4Ti. The van der Waals surface area contributed by atoms with Crippen LogP contribution in [0, 0.1) is 0 Å². The van der Waals surface area contributed by atoms with Crippen LogP contribution >= 0.6 is 0 Å². The fourth-order valence-corrected chi connectivity index (χ4v) is 0.344. The Labute approximate surface area is 46.9 Å². The average Bonchev–Trinajstić information content (AvgIpc) is 1.68.